The third-order valence-corrected chi connectivity index (χ3v) is 5.10. The second kappa shape index (κ2) is 11.0. The molecule has 3 aromatic rings. The summed E-state index contributed by atoms with van der Waals surface area (Å²) in [6.45, 7) is 3.98. The molecule has 0 aromatic heterocycles. The molecule has 33 heavy (non-hydrogen) atoms. The Hall–Kier alpha value is -4.00. The zero-order valence-corrected chi connectivity index (χ0v) is 19.2. The van der Waals surface area contributed by atoms with E-state index in [1.165, 1.54) is 14.2 Å². The molecule has 7 heteroatoms. The molecule has 0 heterocycles. The van der Waals surface area contributed by atoms with Crippen molar-refractivity contribution >= 4 is 17.5 Å². The van der Waals surface area contributed by atoms with E-state index >= 15 is 0 Å². The van der Waals surface area contributed by atoms with E-state index in [1.54, 1.807) is 12.1 Å². The number of ether oxygens (including phenoxy) is 3. The summed E-state index contributed by atoms with van der Waals surface area (Å²) in [6.07, 6.45) is 0. The number of aryl methyl sites for hydroxylation is 2. The first-order valence-electron chi connectivity index (χ1n) is 10.5. The van der Waals surface area contributed by atoms with Crippen LogP contribution in [0.15, 0.2) is 60.7 Å². The van der Waals surface area contributed by atoms with Gasteiger partial charge in [0.1, 0.15) is 6.61 Å². The SMILES string of the molecule is COc1cc(C(=O)NCC(=O)Nc2c(C)cccc2C)cc(OC)c1OCc1ccccc1. The number of nitrogens with one attached hydrogen (secondary N) is 2. The van der Waals surface area contributed by atoms with Crippen LogP contribution in [0.3, 0.4) is 0 Å². The third-order valence-electron chi connectivity index (χ3n) is 5.10. The van der Waals surface area contributed by atoms with Crippen molar-refractivity contribution in [2.24, 2.45) is 0 Å². The minimum Gasteiger partial charge on any atom is -0.493 e. The predicted octanol–water partition coefficient (Wildman–Crippen LogP) is 4.27. The molecule has 172 valence electrons. The van der Waals surface area contributed by atoms with Gasteiger partial charge in [-0.3, -0.25) is 9.59 Å². The van der Waals surface area contributed by atoms with Crippen molar-refractivity contribution in [3.8, 4) is 17.2 Å². The van der Waals surface area contributed by atoms with Gasteiger partial charge < -0.3 is 24.8 Å². The Labute approximate surface area is 193 Å². The molecule has 0 radical (unpaired) electrons. The van der Waals surface area contributed by atoms with Crippen molar-refractivity contribution in [1.29, 1.82) is 0 Å². The van der Waals surface area contributed by atoms with E-state index in [0.717, 1.165) is 22.4 Å². The van der Waals surface area contributed by atoms with Gasteiger partial charge in [-0.1, -0.05) is 48.5 Å². The Morgan fingerprint density at radius 2 is 1.45 bits per heavy atom. The molecular weight excluding hydrogens is 420 g/mol. The minimum atomic E-state index is -0.433. The largest absolute Gasteiger partial charge is 0.493 e. The van der Waals surface area contributed by atoms with Crippen LogP contribution in [0.25, 0.3) is 0 Å². The van der Waals surface area contributed by atoms with Crippen molar-refractivity contribution < 1.29 is 23.8 Å². The lowest BCUT2D eigenvalue weighted by molar-refractivity contribution is -0.115. The van der Waals surface area contributed by atoms with Crippen LogP contribution in [0, 0.1) is 13.8 Å². The van der Waals surface area contributed by atoms with E-state index in [4.69, 9.17) is 14.2 Å². The summed E-state index contributed by atoms with van der Waals surface area (Å²) >= 11 is 0. The number of para-hydroxylation sites is 1. The number of rotatable bonds is 9. The highest BCUT2D eigenvalue weighted by molar-refractivity contribution is 6.00. The lowest BCUT2D eigenvalue weighted by atomic mass is 10.1. The molecule has 0 unspecified atom stereocenters. The van der Waals surface area contributed by atoms with Crippen LogP contribution in [0.1, 0.15) is 27.0 Å². The van der Waals surface area contributed by atoms with E-state index in [9.17, 15) is 9.59 Å². The van der Waals surface area contributed by atoms with Gasteiger partial charge >= 0.3 is 0 Å². The minimum absolute atomic E-state index is 0.177. The van der Waals surface area contributed by atoms with Gasteiger partial charge in [-0.2, -0.15) is 0 Å². The molecule has 2 amide bonds. The lowest BCUT2D eigenvalue weighted by Gasteiger charge is -2.16. The van der Waals surface area contributed by atoms with Crippen molar-refractivity contribution in [1.82, 2.24) is 5.32 Å². The first-order chi connectivity index (χ1) is 15.9. The molecule has 0 aliphatic rings. The highest BCUT2D eigenvalue weighted by atomic mass is 16.5. The highest BCUT2D eigenvalue weighted by Gasteiger charge is 2.18. The zero-order valence-electron chi connectivity index (χ0n) is 19.2. The fraction of sp³-hybridized carbons (Fsp3) is 0.231. The van der Waals surface area contributed by atoms with Gasteiger partial charge in [0, 0.05) is 11.3 Å². The first kappa shape index (κ1) is 23.7. The van der Waals surface area contributed by atoms with Gasteiger partial charge in [-0.15, -0.1) is 0 Å². The van der Waals surface area contributed by atoms with Gasteiger partial charge in [0.05, 0.1) is 20.8 Å². The van der Waals surface area contributed by atoms with Crippen LogP contribution in [0.5, 0.6) is 17.2 Å². The summed E-state index contributed by atoms with van der Waals surface area (Å²) < 4.78 is 16.8. The van der Waals surface area contributed by atoms with Crippen LogP contribution in [0.4, 0.5) is 5.69 Å². The molecule has 2 N–H and O–H groups in total. The topological polar surface area (TPSA) is 85.9 Å². The van der Waals surface area contributed by atoms with Crippen molar-refractivity contribution in [2.75, 3.05) is 26.1 Å². The Morgan fingerprint density at radius 3 is 2.03 bits per heavy atom. The average molecular weight is 449 g/mol. The number of hydrogen-bond acceptors (Lipinski definition) is 5. The van der Waals surface area contributed by atoms with Gasteiger partial charge in [0.2, 0.25) is 11.7 Å². The molecule has 7 nitrogen and oxygen atoms in total. The molecule has 3 rings (SSSR count). The fourth-order valence-electron chi connectivity index (χ4n) is 3.34. The molecule has 0 atom stereocenters. The van der Waals surface area contributed by atoms with E-state index in [1.807, 2.05) is 62.4 Å². The quantitative estimate of drug-likeness (QED) is 0.511. The maximum atomic E-state index is 12.7. The van der Waals surface area contributed by atoms with Gasteiger partial charge in [0.25, 0.3) is 5.91 Å². The Bertz CT molecular complexity index is 1080. The maximum Gasteiger partial charge on any atom is 0.251 e. The molecule has 3 aromatic carbocycles. The number of anilines is 1. The van der Waals surface area contributed by atoms with Gasteiger partial charge in [-0.25, -0.2) is 0 Å². The van der Waals surface area contributed by atoms with E-state index in [0.29, 0.717) is 23.9 Å². The second-order valence-corrected chi connectivity index (χ2v) is 7.48. The van der Waals surface area contributed by atoms with Crippen LogP contribution in [-0.2, 0) is 11.4 Å². The van der Waals surface area contributed by atoms with Crippen molar-refractivity contribution in [3.63, 3.8) is 0 Å². The standard InChI is InChI=1S/C26H28N2O5/c1-17-9-8-10-18(2)24(17)28-23(29)15-27-26(30)20-13-21(31-3)25(22(14-20)32-4)33-16-19-11-6-5-7-12-19/h5-14H,15-16H2,1-4H3,(H,27,30)(H,28,29). The summed E-state index contributed by atoms with van der Waals surface area (Å²) in [7, 11) is 2.98. The maximum absolute atomic E-state index is 12.7. The van der Waals surface area contributed by atoms with E-state index in [2.05, 4.69) is 10.6 Å². The van der Waals surface area contributed by atoms with Crippen LogP contribution in [-0.4, -0.2) is 32.6 Å². The number of methoxy groups -OCH3 is 2. The van der Waals surface area contributed by atoms with Gasteiger partial charge in [-0.05, 0) is 42.7 Å². The number of carbonyl (C=O) groups excluding carboxylic acids is 2. The fourth-order valence-corrected chi connectivity index (χ4v) is 3.34. The normalized spacial score (nSPS) is 10.3. The number of benzene rings is 3. The monoisotopic (exact) mass is 448 g/mol. The molecule has 0 saturated carbocycles. The summed E-state index contributed by atoms with van der Waals surface area (Å²) in [4.78, 5) is 25.1. The van der Waals surface area contributed by atoms with E-state index in [-0.39, 0.29) is 18.0 Å². The molecule has 0 aliphatic heterocycles. The van der Waals surface area contributed by atoms with Crippen LogP contribution >= 0.6 is 0 Å². The summed E-state index contributed by atoms with van der Waals surface area (Å²) in [5, 5.41) is 5.48. The van der Waals surface area contributed by atoms with Gasteiger partial charge in [0.15, 0.2) is 11.5 Å². The van der Waals surface area contributed by atoms with Crippen LogP contribution < -0.4 is 24.8 Å². The highest BCUT2D eigenvalue weighted by Crippen LogP contribution is 2.39. The zero-order chi connectivity index (χ0) is 23.8. The predicted molar refractivity (Wildman–Crippen MR) is 127 cm³/mol. The molecular formula is C26H28N2O5. The molecule has 0 spiro atoms. The Balaban J connectivity index is 1.69. The third kappa shape index (κ3) is 6.04. The van der Waals surface area contributed by atoms with Crippen LogP contribution in [0.2, 0.25) is 0 Å². The van der Waals surface area contributed by atoms with E-state index < -0.39 is 5.91 Å². The Morgan fingerprint density at radius 1 is 0.848 bits per heavy atom. The second-order valence-electron chi connectivity index (χ2n) is 7.48. The number of hydrogen-bond donors (Lipinski definition) is 2. The molecule has 0 bridgehead atoms. The lowest BCUT2D eigenvalue weighted by Crippen LogP contribution is -2.33. The van der Waals surface area contributed by atoms with Crippen molar-refractivity contribution in [3.05, 3.63) is 82.9 Å². The smallest absolute Gasteiger partial charge is 0.251 e. The average Bonchev–Trinajstić information content (AvgIpc) is 2.83. The summed E-state index contributed by atoms with van der Waals surface area (Å²) in [5.41, 5.74) is 3.93. The first-order valence-corrected chi connectivity index (χ1v) is 10.5. The number of carbonyl (C=O) groups is 2. The Kier molecular flexibility index (Phi) is 7.91. The van der Waals surface area contributed by atoms with Crippen molar-refractivity contribution in [2.45, 2.75) is 20.5 Å². The summed E-state index contributed by atoms with van der Waals surface area (Å²) in [6, 6.07) is 18.6. The molecule has 0 aliphatic carbocycles. The summed E-state index contributed by atoms with van der Waals surface area (Å²) in [5.74, 6) is 0.361. The number of amides is 2. The molecule has 0 saturated heterocycles. The molecule has 0 fully saturated rings.